The van der Waals surface area contributed by atoms with Crippen LogP contribution in [0.25, 0.3) is 22.3 Å². The van der Waals surface area contributed by atoms with E-state index in [9.17, 15) is 0 Å². The minimum Gasteiger partial charge on any atom is -0.453 e. The highest BCUT2D eigenvalue weighted by Crippen LogP contribution is 2.58. The summed E-state index contributed by atoms with van der Waals surface area (Å²) in [6.45, 7) is 20.0. The van der Waals surface area contributed by atoms with E-state index < -0.39 is 5.41 Å². The molecular weight excluding hydrogens is 667 g/mol. The molecule has 0 spiro atoms. The first-order chi connectivity index (χ1) is 26.3. The lowest BCUT2D eigenvalue weighted by molar-refractivity contribution is 0.476. The Morgan fingerprint density at radius 3 is 1.51 bits per heavy atom. The van der Waals surface area contributed by atoms with Gasteiger partial charge in [-0.15, -0.1) is 0 Å². The monoisotopic (exact) mass is 715 g/mol. The fourth-order valence-corrected chi connectivity index (χ4v) is 9.09. The summed E-state index contributed by atoms with van der Waals surface area (Å²) in [7, 11) is 0. The van der Waals surface area contributed by atoms with E-state index in [0.29, 0.717) is 0 Å². The van der Waals surface area contributed by atoms with Gasteiger partial charge < -0.3 is 9.64 Å². The lowest BCUT2D eigenvalue weighted by Gasteiger charge is -2.36. The SMILES string of the molecule is Cc1ccc(C2(c3ccc(C)cc3)c3cc(C)ccc3-c3ccc(-c4ccc5c(c4)Oc4cc(C)ccc4N5c4c(C)cc(C(C)(C)C)cc4C)cc32)cc1. The van der Waals surface area contributed by atoms with Crippen LogP contribution in [0.1, 0.15) is 82.0 Å². The Bertz CT molecular complexity index is 2590. The minimum absolute atomic E-state index is 0.0629. The van der Waals surface area contributed by atoms with Crippen molar-refractivity contribution in [2.75, 3.05) is 4.90 Å². The van der Waals surface area contributed by atoms with Crippen LogP contribution in [0.15, 0.2) is 133 Å². The van der Waals surface area contributed by atoms with E-state index in [0.717, 1.165) is 28.4 Å². The maximum atomic E-state index is 6.85. The smallest absolute Gasteiger partial charge is 0.152 e. The highest BCUT2D eigenvalue weighted by molar-refractivity contribution is 5.92. The Kier molecular flexibility index (Phi) is 7.99. The molecule has 0 unspecified atom stereocenters. The van der Waals surface area contributed by atoms with Gasteiger partial charge in [0.05, 0.1) is 22.5 Å². The van der Waals surface area contributed by atoms with Gasteiger partial charge in [0.1, 0.15) is 0 Å². The number of hydrogen-bond donors (Lipinski definition) is 0. The number of ether oxygens (including phenoxy) is 1. The molecule has 0 amide bonds. The summed E-state index contributed by atoms with van der Waals surface area (Å²) in [6.07, 6.45) is 0. The maximum absolute atomic E-state index is 6.85. The first-order valence-corrected chi connectivity index (χ1v) is 19.6. The van der Waals surface area contributed by atoms with Crippen LogP contribution in [0.3, 0.4) is 0 Å². The van der Waals surface area contributed by atoms with E-state index in [1.165, 1.54) is 83.6 Å². The molecule has 0 bridgehead atoms. The second-order valence-corrected chi connectivity index (χ2v) is 17.1. The molecule has 55 heavy (non-hydrogen) atoms. The van der Waals surface area contributed by atoms with Gasteiger partial charge in [-0.3, -0.25) is 0 Å². The summed E-state index contributed by atoms with van der Waals surface area (Å²) in [5.41, 5.74) is 21.8. The molecule has 0 radical (unpaired) electrons. The Balaban J connectivity index is 1.24. The zero-order valence-corrected chi connectivity index (χ0v) is 33.6. The predicted molar refractivity (Wildman–Crippen MR) is 231 cm³/mol. The number of fused-ring (bicyclic) bond motifs is 5. The van der Waals surface area contributed by atoms with Gasteiger partial charge in [0.2, 0.25) is 0 Å². The van der Waals surface area contributed by atoms with Crippen LogP contribution < -0.4 is 9.64 Å². The highest BCUT2D eigenvalue weighted by Gasteiger charge is 2.46. The van der Waals surface area contributed by atoms with Crippen LogP contribution in [-0.4, -0.2) is 0 Å². The number of hydrogen-bond acceptors (Lipinski definition) is 2. The second kappa shape index (κ2) is 12.6. The molecule has 7 aromatic carbocycles. The van der Waals surface area contributed by atoms with Gasteiger partial charge in [-0.25, -0.2) is 0 Å². The standard InChI is InChI=1S/C53H49NO/c1-32-10-18-40(19-11-32)53(41-20-12-33(2)13-21-41)45-26-34(3)14-22-43(45)44-23-16-38(30-46(44)53)39-17-25-48-50(31-39)55-49-27-35(4)15-24-47(49)54(48)51-36(5)28-42(29-37(51)6)52(7,8)9/h10-31H,1-9H3. The van der Waals surface area contributed by atoms with Gasteiger partial charge in [-0.1, -0.05) is 141 Å². The van der Waals surface area contributed by atoms with Crippen molar-refractivity contribution in [1.29, 1.82) is 0 Å². The van der Waals surface area contributed by atoms with Gasteiger partial charge in [0, 0.05) is 0 Å². The van der Waals surface area contributed by atoms with E-state index in [4.69, 9.17) is 4.74 Å². The van der Waals surface area contributed by atoms with Gasteiger partial charge >= 0.3 is 0 Å². The van der Waals surface area contributed by atoms with Gasteiger partial charge in [-0.2, -0.15) is 0 Å². The Hall–Kier alpha value is -5.86. The lowest BCUT2D eigenvalue weighted by atomic mass is 9.67. The molecule has 0 fully saturated rings. The van der Waals surface area contributed by atoms with Crippen molar-refractivity contribution in [2.24, 2.45) is 0 Å². The third-order valence-corrected chi connectivity index (χ3v) is 12.0. The number of nitrogens with zero attached hydrogens (tertiary/aromatic N) is 1. The fraction of sp³-hybridized carbons (Fsp3) is 0.208. The first-order valence-electron chi connectivity index (χ1n) is 19.6. The lowest BCUT2D eigenvalue weighted by Crippen LogP contribution is -2.28. The molecule has 0 saturated carbocycles. The molecule has 7 aromatic rings. The summed E-state index contributed by atoms with van der Waals surface area (Å²) in [5, 5.41) is 0. The van der Waals surface area contributed by atoms with E-state index in [1.54, 1.807) is 0 Å². The molecule has 1 aliphatic carbocycles. The molecule has 2 nitrogen and oxygen atoms in total. The van der Waals surface area contributed by atoms with Gasteiger partial charge in [0.15, 0.2) is 11.5 Å². The Morgan fingerprint density at radius 1 is 0.455 bits per heavy atom. The molecule has 0 saturated heterocycles. The van der Waals surface area contributed by atoms with Crippen molar-refractivity contribution >= 4 is 17.1 Å². The van der Waals surface area contributed by atoms with Gasteiger partial charge in [0.25, 0.3) is 0 Å². The van der Waals surface area contributed by atoms with Crippen LogP contribution in [0.4, 0.5) is 17.1 Å². The second-order valence-electron chi connectivity index (χ2n) is 17.1. The largest absolute Gasteiger partial charge is 0.453 e. The van der Waals surface area contributed by atoms with Crippen molar-refractivity contribution in [1.82, 2.24) is 0 Å². The van der Waals surface area contributed by atoms with Crippen molar-refractivity contribution in [3.05, 3.63) is 195 Å². The molecular formula is C53H49NO. The summed E-state index contributed by atoms with van der Waals surface area (Å²) in [5.74, 6) is 1.73. The molecule has 0 N–H and O–H groups in total. The highest BCUT2D eigenvalue weighted by atomic mass is 16.5. The van der Waals surface area contributed by atoms with Crippen molar-refractivity contribution < 1.29 is 4.74 Å². The van der Waals surface area contributed by atoms with Crippen LogP contribution in [0.2, 0.25) is 0 Å². The molecule has 0 atom stereocenters. The van der Waals surface area contributed by atoms with E-state index in [-0.39, 0.29) is 5.41 Å². The van der Waals surface area contributed by atoms with E-state index >= 15 is 0 Å². The minimum atomic E-state index is -0.472. The average Bonchev–Trinajstić information content (AvgIpc) is 3.43. The van der Waals surface area contributed by atoms with Crippen LogP contribution in [0, 0.1) is 41.5 Å². The third kappa shape index (κ3) is 5.53. The molecule has 9 rings (SSSR count). The first kappa shape index (κ1) is 34.9. The zero-order chi connectivity index (χ0) is 38.4. The van der Waals surface area contributed by atoms with Crippen molar-refractivity contribution in [3.63, 3.8) is 0 Å². The van der Waals surface area contributed by atoms with Crippen molar-refractivity contribution in [2.45, 2.75) is 73.1 Å². The number of anilines is 3. The molecule has 2 heteroatoms. The molecule has 0 aromatic heterocycles. The van der Waals surface area contributed by atoms with Crippen molar-refractivity contribution in [3.8, 4) is 33.8 Å². The summed E-state index contributed by atoms with van der Waals surface area (Å²) in [4.78, 5) is 2.41. The fourth-order valence-electron chi connectivity index (χ4n) is 9.09. The predicted octanol–water partition coefficient (Wildman–Crippen LogP) is 14.4. The van der Waals surface area contributed by atoms with E-state index in [2.05, 4.69) is 201 Å². The molecule has 1 heterocycles. The molecule has 272 valence electrons. The Morgan fingerprint density at radius 2 is 0.909 bits per heavy atom. The molecule has 1 aliphatic heterocycles. The number of aryl methyl sites for hydroxylation is 6. The third-order valence-electron chi connectivity index (χ3n) is 12.0. The topological polar surface area (TPSA) is 12.5 Å². The van der Waals surface area contributed by atoms with E-state index in [1.807, 2.05) is 0 Å². The Labute approximate surface area is 327 Å². The van der Waals surface area contributed by atoms with Crippen LogP contribution in [0.5, 0.6) is 11.5 Å². The number of benzene rings is 7. The summed E-state index contributed by atoms with van der Waals surface area (Å²) >= 11 is 0. The molecule has 2 aliphatic rings. The average molecular weight is 716 g/mol. The summed E-state index contributed by atoms with van der Waals surface area (Å²) < 4.78 is 6.85. The number of rotatable bonds is 4. The van der Waals surface area contributed by atoms with Gasteiger partial charge in [-0.05, 0) is 144 Å². The van der Waals surface area contributed by atoms with Crippen LogP contribution in [-0.2, 0) is 10.8 Å². The quantitative estimate of drug-likeness (QED) is 0.180. The maximum Gasteiger partial charge on any atom is 0.152 e. The normalized spacial score (nSPS) is 13.8. The summed E-state index contributed by atoms with van der Waals surface area (Å²) in [6, 6.07) is 50.5. The van der Waals surface area contributed by atoms with Crippen LogP contribution >= 0.6 is 0 Å². The zero-order valence-electron chi connectivity index (χ0n) is 33.6.